The molecule has 1 aliphatic heterocycles. The van der Waals surface area contributed by atoms with Crippen LogP contribution in [-0.2, 0) is 9.59 Å². The van der Waals surface area contributed by atoms with Crippen LogP contribution in [0.4, 0.5) is 4.39 Å². The third-order valence-electron chi connectivity index (χ3n) is 3.37. The fourth-order valence-corrected chi connectivity index (χ4v) is 3.59. The van der Waals surface area contributed by atoms with Crippen LogP contribution in [0.3, 0.4) is 0 Å². The minimum atomic E-state index is -0.652. The lowest BCUT2D eigenvalue weighted by molar-refractivity contribution is -0.135. The highest BCUT2D eigenvalue weighted by Crippen LogP contribution is 2.40. The Morgan fingerprint density at radius 1 is 1.38 bits per heavy atom. The number of hydrogen-bond acceptors (Lipinski definition) is 4. The minimum Gasteiger partial charge on any atom is -0.296 e. The highest BCUT2D eigenvalue weighted by Gasteiger charge is 2.39. The number of carbonyl (C=O) groups is 2. The molecule has 108 valence electrons. The second-order valence-electron chi connectivity index (χ2n) is 4.76. The number of amides is 2. The SMILES string of the molecule is O=C1CC(c2ncc(Cl)s2)C(c2cccc(F)c2)C(=O)N1. The van der Waals surface area contributed by atoms with Crippen LogP contribution in [-0.4, -0.2) is 16.8 Å². The van der Waals surface area contributed by atoms with E-state index in [0.717, 1.165) is 0 Å². The molecular formula is C14H10ClFN2O2S. The number of nitrogens with zero attached hydrogens (tertiary/aromatic N) is 1. The first-order chi connectivity index (χ1) is 10.0. The Hall–Kier alpha value is -1.79. The van der Waals surface area contributed by atoms with Gasteiger partial charge in [0.2, 0.25) is 11.8 Å². The first kappa shape index (κ1) is 14.2. The normalized spacial score (nSPS) is 22.2. The van der Waals surface area contributed by atoms with E-state index in [1.165, 1.54) is 29.7 Å². The van der Waals surface area contributed by atoms with Crippen molar-refractivity contribution >= 4 is 34.8 Å². The summed E-state index contributed by atoms with van der Waals surface area (Å²) in [6.07, 6.45) is 1.61. The van der Waals surface area contributed by atoms with E-state index < -0.39 is 23.6 Å². The summed E-state index contributed by atoms with van der Waals surface area (Å²) >= 11 is 7.11. The Balaban J connectivity index is 2.04. The van der Waals surface area contributed by atoms with Gasteiger partial charge < -0.3 is 0 Å². The summed E-state index contributed by atoms with van der Waals surface area (Å²) in [5, 5.41) is 2.91. The van der Waals surface area contributed by atoms with Crippen molar-refractivity contribution in [3.05, 3.63) is 51.2 Å². The quantitative estimate of drug-likeness (QED) is 0.864. The summed E-state index contributed by atoms with van der Waals surface area (Å²) in [4.78, 5) is 28.0. The zero-order valence-electron chi connectivity index (χ0n) is 10.7. The van der Waals surface area contributed by atoms with Gasteiger partial charge in [-0.1, -0.05) is 23.7 Å². The lowest BCUT2D eigenvalue weighted by Crippen LogP contribution is -2.43. The van der Waals surface area contributed by atoms with Crippen LogP contribution in [0.2, 0.25) is 4.34 Å². The summed E-state index contributed by atoms with van der Waals surface area (Å²) < 4.78 is 13.9. The molecule has 2 unspecified atom stereocenters. The number of nitrogens with one attached hydrogen (secondary N) is 1. The van der Waals surface area contributed by atoms with Crippen LogP contribution in [0, 0.1) is 5.82 Å². The fourth-order valence-electron chi connectivity index (χ4n) is 2.52. The monoisotopic (exact) mass is 324 g/mol. The predicted octanol–water partition coefficient (Wildman–Crippen LogP) is 2.85. The van der Waals surface area contributed by atoms with Crippen molar-refractivity contribution < 1.29 is 14.0 Å². The van der Waals surface area contributed by atoms with E-state index >= 15 is 0 Å². The molecule has 21 heavy (non-hydrogen) atoms. The minimum absolute atomic E-state index is 0.122. The number of carbonyl (C=O) groups excluding carboxylic acids is 2. The van der Waals surface area contributed by atoms with Gasteiger partial charge >= 0.3 is 0 Å². The molecule has 2 heterocycles. The van der Waals surface area contributed by atoms with E-state index in [1.54, 1.807) is 12.1 Å². The number of rotatable bonds is 2. The molecule has 1 aliphatic rings. The van der Waals surface area contributed by atoms with Gasteiger partial charge in [0.1, 0.15) is 10.2 Å². The van der Waals surface area contributed by atoms with Crippen LogP contribution < -0.4 is 5.32 Å². The molecule has 0 spiro atoms. The van der Waals surface area contributed by atoms with Gasteiger partial charge in [-0.3, -0.25) is 14.9 Å². The third kappa shape index (κ3) is 2.82. The van der Waals surface area contributed by atoms with Crippen LogP contribution in [0.25, 0.3) is 0 Å². The Morgan fingerprint density at radius 2 is 2.19 bits per heavy atom. The molecule has 1 N–H and O–H groups in total. The van der Waals surface area contributed by atoms with Crippen molar-refractivity contribution in [1.29, 1.82) is 0 Å². The Morgan fingerprint density at radius 3 is 2.86 bits per heavy atom. The number of thiazole rings is 1. The first-order valence-corrected chi connectivity index (χ1v) is 7.44. The molecule has 1 aromatic carbocycles. The van der Waals surface area contributed by atoms with Gasteiger partial charge in [0, 0.05) is 12.3 Å². The summed E-state index contributed by atoms with van der Waals surface area (Å²) in [7, 11) is 0. The highest BCUT2D eigenvalue weighted by molar-refractivity contribution is 7.15. The van der Waals surface area contributed by atoms with Crippen molar-refractivity contribution in [1.82, 2.24) is 10.3 Å². The fraction of sp³-hybridized carbons (Fsp3) is 0.214. The van der Waals surface area contributed by atoms with Gasteiger partial charge in [-0.05, 0) is 17.7 Å². The van der Waals surface area contributed by atoms with Gasteiger partial charge in [-0.15, -0.1) is 11.3 Å². The van der Waals surface area contributed by atoms with E-state index in [4.69, 9.17) is 11.6 Å². The van der Waals surface area contributed by atoms with Crippen molar-refractivity contribution in [2.24, 2.45) is 0 Å². The van der Waals surface area contributed by atoms with Crippen molar-refractivity contribution in [2.45, 2.75) is 18.3 Å². The number of halogens is 2. The molecule has 3 rings (SSSR count). The molecule has 0 radical (unpaired) electrons. The maximum atomic E-state index is 13.4. The highest BCUT2D eigenvalue weighted by atomic mass is 35.5. The summed E-state index contributed by atoms with van der Waals surface area (Å²) in [6.45, 7) is 0. The van der Waals surface area contributed by atoms with Crippen LogP contribution in [0.15, 0.2) is 30.5 Å². The van der Waals surface area contributed by atoms with Gasteiger partial charge in [0.25, 0.3) is 0 Å². The van der Waals surface area contributed by atoms with Gasteiger partial charge in [-0.2, -0.15) is 0 Å². The molecular weight excluding hydrogens is 315 g/mol. The van der Waals surface area contributed by atoms with E-state index in [2.05, 4.69) is 10.3 Å². The molecule has 2 aromatic rings. The average Bonchev–Trinajstić information content (AvgIpc) is 2.84. The maximum absolute atomic E-state index is 13.4. The van der Waals surface area contributed by atoms with Crippen LogP contribution >= 0.6 is 22.9 Å². The number of hydrogen-bond donors (Lipinski definition) is 1. The number of benzene rings is 1. The maximum Gasteiger partial charge on any atom is 0.234 e. The second-order valence-corrected chi connectivity index (χ2v) is 6.45. The molecule has 4 nitrogen and oxygen atoms in total. The van der Waals surface area contributed by atoms with E-state index in [-0.39, 0.29) is 12.3 Å². The Bertz CT molecular complexity index is 719. The molecule has 2 amide bonds. The lowest BCUT2D eigenvalue weighted by Gasteiger charge is -2.29. The van der Waals surface area contributed by atoms with Crippen LogP contribution in [0.1, 0.15) is 28.8 Å². The molecule has 0 saturated carbocycles. The van der Waals surface area contributed by atoms with Gasteiger partial charge in [0.05, 0.1) is 17.1 Å². The molecule has 7 heteroatoms. The van der Waals surface area contributed by atoms with Crippen molar-refractivity contribution in [2.75, 3.05) is 0 Å². The standard InChI is InChI=1S/C14H10ClFN2O2S/c15-10-6-17-14(21-10)9-5-11(19)18-13(20)12(9)7-2-1-3-8(16)4-7/h1-4,6,9,12H,5H2,(H,18,19,20). The predicted molar refractivity (Wildman–Crippen MR) is 76.8 cm³/mol. The number of aromatic nitrogens is 1. The number of imide groups is 1. The van der Waals surface area contributed by atoms with E-state index in [0.29, 0.717) is 14.9 Å². The first-order valence-electron chi connectivity index (χ1n) is 6.25. The zero-order chi connectivity index (χ0) is 15.0. The molecule has 1 aromatic heterocycles. The number of piperidine rings is 1. The molecule has 2 atom stereocenters. The summed E-state index contributed by atoms with van der Waals surface area (Å²) in [6, 6.07) is 5.83. The second kappa shape index (κ2) is 5.54. The van der Waals surface area contributed by atoms with Crippen LogP contribution in [0.5, 0.6) is 0 Å². The Labute approximate surface area is 129 Å². The van der Waals surface area contributed by atoms with Gasteiger partial charge in [-0.25, -0.2) is 9.37 Å². The molecule has 1 fully saturated rings. The summed E-state index contributed by atoms with van der Waals surface area (Å²) in [5.41, 5.74) is 0.524. The Kier molecular flexibility index (Phi) is 3.73. The largest absolute Gasteiger partial charge is 0.296 e. The van der Waals surface area contributed by atoms with Gasteiger partial charge in [0.15, 0.2) is 0 Å². The van der Waals surface area contributed by atoms with E-state index in [1.807, 2.05) is 0 Å². The lowest BCUT2D eigenvalue weighted by atomic mass is 9.81. The molecule has 0 bridgehead atoms. The molecule has 1 saturated heterocycles. The molecule has 0 aliphatic carbocycles. The average molecular weight is 325 g/mol. The summed E-state index contributed by atoms with van der Waals surface area (Å²) in [5.74, 6) is -2.29. The zero-order valence-corrected chi connectivity index (χ0v) is 12.2. The third-order valence-corrected chi connectivity index (χ3v) is 4.62. The van der Waals surface area contributed by atoms with E-state index in [9.17, 15) is 14.0 Å². The van der Waals surface area contributed by atoms with Crippen molar-refractivity contribution in [3.8, 4) is 0 Å². The smallest absolute Gasteiger partial charge is 0.234 e. The van der Waals surface area contributed by atoms with Crippen molar-refractivity contribution in [3.63, 3.8) is 0 Å². The topological polar surface area (TPSA) is 59.1 Å².